The smallest absolute Gasteiger partial charge is 0.305 e. The molecule has 0 aromatic heterocycles. The van der Waals surface area contributed by atoms with Crippen molar-refractivity contribution in [1.29, 1.82) is 0 Å². The minimum absolute atomic E-state index is 0.369. The van der Waals surface area contributed by atoms with Crippen molar-refractivity contribution in [2.45, 2.75) is 52.7 Å². The minimum atomic E-state index is -1.59. The molecule has 0 aromatic rings. The molecule has 0 aliphatic heterocycles. The Morgan fingerprint density at radius 1 is 0.857 bits per heavy atom. The van der Waals surface area contributed by atoms with E-state index in [0.717, 1.165) is 0 Å². The van der Waals surface area contributed by atoms with Crippen molar-refractivity contribution in [2.75, 3.05) is 0 Å². The molecule has 0 unspecified atom stereocenters. The first-order chi connectivity index (χ1) is 6.14. The first-order valence-corrected chi connectivity index (χ1v) is 5.68. The summed E-state index contributed by atoms with van der Waals surface area (Å²) < 4.78 is 19.7. The van der Waals surface area contributed by atoms with E-state index >= 15 is 0 Å². The fourth-order valence-electron chi connectivity index (χ4n) is 0.519. The van der Waals surface area contributed by atoms with Crippen molar-refractivity contribution in [3.05, 3.63) is 0 Å². The highest BCUT2D eigenvalue weighted by Gasteiger charge is 2.28. The van der Waals surface area contributed by atoms with E-state index in [1.807, 2.05) is 41.5 Å². The van der Waals surface area contributed by atoms with Gasteiger partial charge in [-0.15, -0.1) is 9.11 Å². The predicted molar refractivity (Wildman–Crippen MR) is 56.6 cm³/mol. The molecule has 0 atom stereocenters. The zero-order valence-electron chi connectivity index (χ0n) is 9.46. The maximum absolute atomic E-state index is 5.47. The van der Waals surface area contributed by atoms with Gasteiger partial charge in [0.1, 0.15) is 11.9 Å². The second kappa shape index (κ2) is 5.59. The third-order valence-corrected chi connectivity index (χ3v) is 2.53. The summed E-state index contributed by atoms with van der Waals surface area (Å²) in [5.41, 5.74) is -0.737. The summed E-state index contributed by atoms with van der Waals surface area (Å²) in [5, 5.41) is 0. The van der Waals surface area contributed by atoms with Crippen LogP contribution in [-0.2, 0) is 18.2 Å². The van der Waals surface area contributed by atoms with Gasteiger partial charge in [-0.2, -0.15) is 0 Å². The summed E-state index contributed by atoms with van der Waals surface area (Å²) in [6, 6.07) is 0. The first kappa shape index (κ1) is 14.6. The van der Waals surface area contributed by atoms with Crippen molar-refractivity contribution < 1.29 is 18.2 Å². The van der Waals surface area contributed by atoms with E-state index < -0.39 is 8.60 Å². The predicted octanol–water partition coefficient (Wildman–Crippen LogP) is 3.95. The molecule has 86 valence electrons. The fraction of sp³-hybridized carbons (Fsp3) is 1.00. The van der Waals surface area contributed by atoms with E-state index in [4.69, 9.17) is 20.9 Å². The van der Waals surface area contributed by atoms with Crippen LogP contribution in [0.3, 0.4) is 0 Å². The molecule has 0 fully saturated rings. The minimum Gasteiger partial charge on any atom is -0.305 e. The van der Waals surface area contributed by atoms with Crippen LogP contribution in [0.15, 0.2) is 0 Å². The molecule has 0 N–H and O–H groups in total. The van der Waals surface area contributed by atoms with Gasteiger partial charge in [0, 0.05) is 0 Å². The molecular formula is C8H18ClO4P. The second-order valence-corrected chi connectivity index (χ2v) is 5.86. The molecule has 0 aliphatic rings. The summed E-state index contributed by atoms with van der Waals surface area (Å²) >= 11 is 4.99. The van der Waals surface area contributed by atoms with Gasteiger partial charge in [0.05, 0.1) is 11.2 Å². The standard InChI is InChI=1S/C8H18ClO4P/c1-7(2,3)10-14(13-12-9)11-8(4,5)6/h1-6H3. The molecule has 0 saturated carbocycles. The lowest BCUT2D eigenvalue weighted by atomic mass is 10.2. The molecule has 4 nitrogen and oxygen atoms in total. The molecule has 0 aromatic carbocycles. The van der Waals surface area contributed by atoms with Crippen LogP contribution in [0.4, 0.5) is 0 Å². The highest BCUT2D eigenvalue weighted by molar-refractivity contribution is 7.41. The molecular weight excluding hydrogens is 227 g/mol. The quantitative estimate of drug-likeness (QED) is 0.426. The highest BCUT2D eigenvalue weighted by Crippen LogP contribution is 2.47. The topological polar surface area (TPSA) is 36.9 Å². The SMILES string of the molecule is CC(C)(C)OP(OOCl)OC(C)(C)C. The Labute approximate surface area is 91.9 Å². The van der Waals surface area contributed by atoms with Crippen LogP contribution < -0.4 is 0 Å². The van der Waals surface area contributed by atoms with E-state index in [-0.39, 0.29) is 11.2 Å². The van der Waals surface area contributed by atoms with Crippen LogP contribution in [0.25, 0.3) is 0 Å². The van der Waals surface area contributed by atoms with E-state index in [1.54, 1.807) is 0 Å². The summed E-state index contributed by atoms with van der Waals surface area (Å²) in [6.45, 7) is 11.4. The van der Waals surface area contributed by atoms with Crippen molar-refractivity contribution in [3.63, 3.8) is 0 Å². The van der Waals surface area contributed by atoms with E-state index in [9.17, 15) is 0 Å². The number of rotatable bonds is 4. The zero-order valence-corrected chi connectivity index (χ0v) is 11.1. The van der Waals surface area contributed by atoms with Crippen molar-refractivity contribution >= 4 is 20.5 Å². The Morgan fingerprint density at radius 3 is 1.43 bits per heavy atom. The summed E-state index contributed by atoms with van der Waals surface area (Å²) in [4.78, 5) is 0. The largest absolute Gasteiger partial charge is 0.365 e. The third-order valence-electron chi connectivity index (χ3n) is 0.786. The van der Waals surface area contributed by atoms with Gasteiger partial charge in [0.2, 0.25) is 0 Å². The van der Waals surface area contributed by atoms with Gasteiger partial charge in [-0.05, 0) is 41.5 Å². The molecule has 0 saturated heterocycles. The van der Waals surface area contributed by atoms with Crippen molar-refractivity contribution in [2.24, 2.45) is 0 Å². The van der Waals surface area contributed by atoms with Gasteiger partial charge < -0.3 is 9.05 Å². The second-order valence-electron chi connectivity index (χ2n) is 4.77. The fourth-order valence-corrected chi connectivity index (χ4v) is 1.70. The average molecular weight is 245 g/mol. The maximum atomic E-state index is 5.47. The van der Waals surface area contributed by atoms with Crippen molar-refractivity contribution in [3.8, 4) is 0 Å². The Hall–Kier alpha value is 0.560. The average Bonchev–Trinajstić information content (AvgIpc) is 1.78. The number of hydrogen-bond donors (Lipinski definition) is 0. The monoisotopic (exact) mass is 244 g/mol. The molecule has 14 heavy (non-hydrogen) atoms. The van der Waals surface area contributed by atoms with Crippen LogP contribution >= 0.6 is 20.5 Å². The Kier molecular flexibility index (Phi) is 5.81. The van der Waals surface area contributed by atoms with E-state index in [0.29, 0.717) is 0 Å². The summed E-state index contributed by atoms with van der Waals surface area (Å²) in [6.07, 6.45) is 0. The van der Waals surface area contributed by atoms with Crippen LogP contribution in [0, 0.1) is 0 Å². The molecule has 0 rings (SSSR count). The van der Waals surface area contributed by atoms with Crippen LogP contribution in [0.2, 0.25) is 0 Å². The molecule has 6 heteroatoms. The Morgan fingerprint density at radius 2 is 1.21 bits per heavy atom. The van der Waals surface area contributed by atoms with Crippen molar-refractivity contribution in [1.82, 2.24) is 0 Å². The zero-order chi connectivity index (χ0) is 11.4. The molecule has 0 bridgehead atoms. The van der Waals surface area contributed by atoms with Crippen LogP contribution in [0.1, 0.15) is 41.5 Å². The maximum Gasteiger partial charge on any atom is 0.365 e. The van der Waals surface area contributed by atoms with Gasteiger partial charge in [-0.3, -0.25) is 0 Å². The van der Waals surface area contributed by atoms with E-state index in [1.165, 1.54) is 0 Å². The Bertz CT molecular complexity index is 148. The lowest BCUT2D eigenvalue weighted by molar-refractivity contribution is -0.128. The van der Waals surface area contributed by atoms with Gasteiger partial charge in [-0.1, -0.05) is 0 Å². The Balaban J connectivity index is 4.16. The molecule has 0 spiro atoms. The molecule has 0 radical (unpaired) electrons. The van der Waals surface area contributed by atoms with Gasteiger partial charge in [0.25, 0.3) is 0 Å². The molecule has 0 aliphatic carbocycles. The number of hydrogen-bond acceptors (Lipinski definition) is 4. The van der Waals surface area contributed by atoms with Crippen LogP contribution in [-0.4, -0.2) is 11.2 Å². The van der Waals surface area contributed by atoms with Gasteiger partial charge in [-0.25, -0.2) is 0 Å². The molecule has 0 amide bonds. The van der Waals surface area contributed by atoms with E-state index in [2.05, 4.69) is 9.11 Å². The van der Waals surface area contributed by atoms with Gasteiger partial charge >= 0.3 is 8.60 Å². The lowest BCUT2D eigenvalue weighted by Gasteiger charge is -2.28. The first-order valence-electron chi connectivity index (χ1n) is 4.28. The normalized spacial score (nSPS) is 13.7. The van der Waals surface area contributed by atoms with Gasteiger partial charge in [0.15, 0.2) is 0 Å². The van der Waals surface area contributed by atoms with Crippen LogP contribution in [0.5, 0.6) is 0 Å². The summed E-state index contributed by atoms with van der Waals surface area (Å²) in [7, 11) is -1.59. The highest BCUT2D eigenvalue weighted by atomic mass is 35.5. The molecule has 0 heterocycles. The third kappa shape index (κ3) is 9.13. The summed E-state index contributed by atoms with van der Waals surface area (Å²) in [5.74, 6) is 0. The lowest BCUT2D eigenvalue weighted by Crippen LogP contribution is -2.22. The number of halogens is 1.